The van der Waals surface area contributed by atoms with E-state index in [2.05, 4.69) is 10.5 Å². The molecule has 2 N–H and O–H groups in total. The van der Waals surface area contributed by atoms with Crippen LogP contribution >= 0.6 is 0 Å². The zero-order valence-corrected chi connectivity index (χ0v) is 16.5. The van der Waals surface area contributed by atoms with E-state index >= 15 is 0 Å². The second-order valence-electron chi connectivity index (χ2n) is 6.81. The molecule has 160 valence electrons. The summed E-state index contributed by atoms with van der Waals surface area (Å²) in [5.41, 5.74) is 3.88. The summed E-state index contributed by atoms with van der Waals surface area (Å²) in [6.45, 7) is 0.307. The second kappa shape index (κ2) is 8.56. The number of hydrogen-bond acceptors (Lipinski definition) is 6. The van der Waals surface area contributed by atoms with Gasteiger partial charge < -0.3 is 14.1 Å². The summed E-state index contributed by atoms with van der Waals surface area (Å²) in [7, 11) is 0. The van der Waals surface area contributed by atoms with Crippen LogP contribution in [-0.2, 0) is 6.54 Å². The van der Waals surface area contributed by atoms with E-state index in [9.17, 15) is 19.7 Å². The number of aromatic nitrogens is 1. The van der Waals surface area contributed by atoms with Gasteiger partial charge in [-0.15, -0.1) is 0 Å². The van der Waals surface area contributed by atoms with E-state index in [1.165, 1.54) is 36.5 Å². The van der Waals surface area contributed by atoms with Gasteiger partial charge in [-0.2, -0.15) is 5.10 Å². The van der Waals surface area contributed by atoms with Gasteiger partial charge in [0.1, 0.15) is 5.76 Å². The number of rotatable bonds is 7. The van der Waals surface area contributed by atoms with Crippen LogP contribution in [0.25, 0.3) is 10.9 Å². The highest BCUT2D eigenvalue weighted by Gasteiger charge is 2.13. The highest BCUT2D eigenvalue weighted by atomic mass is 16.6. The van der Waals surface area contributed by atoms with Gasteiger partial charge in [-0.25, -0.2) is 10.2 Å². The minimum absolute atomic E-state index is 0.117. The van der Waals surface area contributed by atoms with Gasteiger partial charge in [0.25, 0.3) is 11.6 Å². The van der Waals surface area contributed by atoms with Gasteiger partial charge in [-0.1, -0.05) is 24.3 Å². The van der Waals surface area contributed by atoms with E-state index < -0.39 is 16.8 Å². The number of benzene rings is 2. The Balaban J connectivity index is 1.54. The predicted octanol–water partition coefficient (Wildman–Crippen LogP) is 3.65. The molecule has 0 atom stereocenters. The van der Waals surface area contributed by atoms with Crippen LogP contribution in [0.4, 0.5) is 5.69 Å². The Kier molecular flexibility index (Phi) is 5.49. The van der Waals surface area contributed by atoms with Gasteiger partial charge in [0.15, 0.2) is 0 Å². The zero-order chi connectivity index (χ0) is 22.7. The molecule has 0 aliphatic heterocycles. The number of hydrazone groups is 1. The Morgan fingerprint density at radius 3 is 2.72 bits per heavy atom. The summed E-state index contributed by atoms with van der Waals surface area (Å²) in [5, 5.41) is 24.7. The molecule has 2 heterocycles. The fraction of sp³-hybridized carbons (Fsp3) is 0.0455. The van der Waals surface area contributed by atoms with E-state index in [-0.39, 0.29) is 17.0 Å². The molecule has 0 fully saturated rings. The highest BCUT2D eigenvalue weighted by Crippen LogP contribution is 2.22. The number of amides is 1. The number of fused-ring (bicyclic) bond motifs is 1. The first-order chi connectivity index (χ1) is 15.4. The zero-order valence-electron chi connectivity index (χ0n) is 16.5. The fourth-order valence-electron chi connectivity index (χ4n) is 3.24. The number of nitrogens with zero attached hydrogens (tertiary/aromatic N) is 3. The van der Waals surface area contributed by atoms with Crippen molar-refractivity contribution in [1.82, 2.24) is 9.99 Å². The number of non-ortho nitro benzene ring substituents is 1. The van der Waals surface area contributed by atoms with E-state index in [0.29, 0.717) is 17.9 Å². The molecule has 0 spiro atoms. The smallest absolute Gasteiger partial charge is 0.371 e. The summed E-state index contributed by atoms with van der Waals surface area (Å²) in [5.74, 6) is -1.38. The van der Waals surface area contributed by atoms with Crippen molar-refractivity contribution in [1.29, 1.82) is 0 Å². The maximum Gasteiger partial charge on any atom is 0.371 e. The Hall–Kier alpha value is -4.73. The average Bonchev–Trinajstić information content (AvgIpc) is 3.40. The SMILES string of the molecule is O=C(N/N=C\c1cn(Cc2ccc(C(=O)O)o2)c2ccccc12)c1cccc([N+](=O)[O-])c1. The van der Waals surface area contributed by atoms with E-state index in [4.69, 9.17) is 9.52 Å². The number of nitrogens with one attached hydrogen (secondary N) is 1. The summed E-state index contributed by atoms with van der Waals surface area (Å²) in [6.07, 6.45) is 3.27. The Labute approximate surface area is 180 Å². The van der Waals surface area contributed by atoms with Crippen molar-refractivity contribution in [2.75, 3.05) is 0 Å². The molecule has 0 saturated carbocycles. The standard InChI is InChI=1S/C22H16N4O6/c27-21(14-4-3-5-16(10-14)26(30)31)24-23-11-15-12-25(19-7-2-1-6-18(15)19)13-17-8-9-20(32-17)22(28)29/h1-12H,13H2,(H,24,27)(H,28,29)/b23-11-. The quantitative estimate of drug-likeness (QED) is 0.259. The molecule has 4 aromatic rings. The molecule has 1 amide bonds. The Bertz CT molecular complexity index is 1370. The summed E-state index contributed by atoms with van der Waals surface area (Å²) in [6, 6.07) is 15.9. The minimum atomic E-state index is -1.14. The van der Waals surface area contributed by atoms with Crippen LogP contribution in [0.15, 0.2) is 76.4 Å². The molecular formula is C22H16N4O6. The van der Waals surface area contributed by atoms with Crippen molar-refractivity contribution >= 4 is 34.7 Å². The van der Waals surface area contributed by atoms with Gasteiger partial charge >= 0.3 is 5.97 Å². The van der Waals surface area contributed by atoms with Crippen LogP contribution in [0.5, 0.6) is 0 Å². The monoisotopic (exact) mass is 432 g/mol. The predicted molar refractivity (Wildman–Crippen MR) is 115 cm³/mol. The molecule has 0 unspecified atom stereocenters. The third-order valence-electron chi connectivity index (χ3n) is 4.71. The number of para-hydroxylation sites is 1. The Morgan fingerprint density at radius 2 is 1.97 bits per heavy atom. The topological polar surface area (TPSA) is 140 Å². The van der Waals surface area contributed by atoms with Crippen molar-refractivity contribution in [3.63, 3.8) is 0 Å². The van der Waals surface area contributed by atoms with E-state index in [1.54, 1.807) is 12.3 Å². The number of carbonyl (C=O) groups excluding carboxylic acids is 1. The van der Waals surface area contributed by atoms with E-state index in [1.807, 2.05) is 28.8 Å². The number of nitro benzene ring substituents is 1. The first-order valence-corrected chi connectivity index (χ1v) is 9.40. The third kappa shape index (κ3) is 4.24. The van der Waals surface area contributed by atoms with Crippen molar-refractivity contribution in [3.8, 4) is 0 Å². The van der Waals surface area contributed by atoms with E-state index in [0.717, 1.165) is 10.9 Å². The average molecular weight is 432 g/mol. The lowest BCUT2D eigenvalue weighted by Gasteiger charge is -2.02. The third-order valence-corrected chi connectivity index (χ3v) is 4.71. The molecule has 10 heteroatoms. The molecule has 4 rings (SSSR count). The van der Waals surface area contributed by atoms with Gasteiger partial charge in [-0.05, 0) is 24.3 Å². The van der Waals surface area contributed by atoms with Crippen molar-refractivity contribution < 1.29 is 24.0 Å². The molecule has 2 aromatic heterocycles. The molecule has 2 aromatic carbocycles. The maximum atomic E-state index is 12.3. The minimum Gasteiger partial charge on any atom is -0.475 e. The lowest BCUT2D eigenvalue weighted by molar-refractivity contribution is -0.384. The van der Waals surface area contributed by atoms with Crippen LogP contribution in [0.2, 0.25) is 0 Å². The normalized spacial score (nSPS) is 11.1. The molecule has 10 nitrogen and oxygen atoms in total. The van der Waals surface area contributed by atoms with Crippen LogP contribution < -0.4 is 5.43 Å². The molecule has 0 saturated heterocycles. The summed E-state index contributed by atoms with van der Waals surface area (Å²) < 4.78 is 7.21. The van der Waals surface area contributed by atoms with Gasteiger partial charge in [-0.3, -0.25) is 14.9 Å². The number of furan rings is 1. The lowest BCUT2D eigenvalue weighted by atomic mass is 10.2. The molecule has 0 aliphatic carbocycles. The van der Waals surface area contributed by atoms with Crippen molar-refractivity contribution in [2.45, 2.75) is 6.54 Å². The lowest BCUT2D eigenvalue weighted by Crippen LogP contribution is -2.17. The number of nitro groups is 1. The summed E-state index contributed by atoms with van der Waals surface area (Å²) in [4.78, 5) is 33.6. The van der Waals surface area contributed by atoms with Crippen LogP contribution in [0.3, 0.4) is 0 Å². The number of carbonyl (C=O) groups is 2. The molecule has 0 bridgehead atoms. The van der Waals surface area contributed by atoms with Gasteiger partial charge in [0.2, 0.25) is 5.76 Å². The summed E-state index contributed by atoms with van der Waals surface area (Å²) >= 11 is 0. The second-order valence-corrected chi connectivity index (χ2v) is 6.81. The van der Waals surface area contributed by atoms with Gasteiger partial charge in [0.05, 0.1) is 17.7 Å². The number of hydrogen-bond donors (Lipinski definition) is 2. The first kappa shape index (κ1) is 20.5. The molecule has 0 radical (unpaired) electrons. The Morgan fingerprint density at radius 1 is 1.16 bits per heavy atom. The first-order valence-electron chi connectivity index (χ1n) is 9.40. The van der Waals surface area contributed by atoms with Crippen LogP contribution in [0.1, 0.15) is 32.2 Å². The number of carboxylic acid groups (broad SMARTS) is 1. The van der Waals surface area contributed by atoms with Gasteiger partial charge in [0, 0.05) is 40.4 Å². The number of aromatic carboxylic acids is 1. The highest BCUT2D eigenvalue weighted by molar-refractivity contribution is 6.00. The largest absolute Gasteiger partial charge is 0.475 e. The van der Waals surface area contributed by atoms with Crippen molar-refractivity contribution in [3.05, 3.63) is 99.6 Å². The van der Waals surface area contributed by atoms with Crippen LogP contribution in [0, 0.1) is 10.1 Å². The molecular weight excluding hydrogens is 416 g/mol. The van der Waals surface area contributed by atoms with Crippen molar-refractivity contribution in [2.24, 2.45) is 5.10 Å². The fourth-order valence-corrected chi connectivity index (χ4v) is 3.24. The maximum absolute atomic E-state index is 12.3. The number of carboxylic acids is 1. The molecule has 0 aliphatic rings. The van der Waals surface area contributed by atoms with Crippen LogP contribution in [-0.4, -0.2) is 32.7 Å². The molecule has 32 heavy (non-hydrogen) atoms.